The lowest BCUT2D eigenvalue weighted by atomic mass is 10.1. The minimum absolute atomic E-state index is 0.0722. The van der Waals surface area contributed by atoms with Crippen molar-refractivity contribution in [1.82, 2.24) is 4.31 Å². The second-order valence-corrected chi connectivity index (χ2v) is 6.61. The molecule has 0 heterocycles. The summed E-state index contributed by atoms with van der Waals surface area (Å²) in [6.45, 7) is 2.32. The third-order valence-electron chi connectivity index (χ3n) is 3.17. The molecule has 0 radical (unpaired) electrons. The Morgan fingerprint density at radius 1 is 1.32 bits per heavy atom. The average molecular weight is 283 g/mol. The zero-order valence-corrected chi connectivity index (χ0v) is 11.6. The maximum absolute atomic E-state index is 12.2. The number of hydrogen-bond acceptors (Lipinski definition) is 3. The molecule has 1 saturated carbocycles. The highest BCUT2D eigenvalue weighted by molar-refractivity contribution is 7.88. The fraction of sp³-hybridized carbons (Fsp3) is 0.462. The molecule has 0 spiro atoms. The molecule has 1 aromatic rings. The molecular formula is C13H17NO4S. The van der Waals surface area contributed by atoms with Gasteiger partial charge in [-0.05, 0) is 30.5 Å². The molecule has 104 valence electrons. The number of carboxylic acid groups (broad SMARTS) is 1. The van der Waals surface area contributed by atoms with E-state index in [1.54, 1.807) is 12.1 Å². The molecule has 0 unspecified atom stereocenters. The first kappa shape index (κ1) is 14.0. The van der Waals surface area contributed by atoms with E-state index in [0.29, 0.717) is 12.1 Å². The molecule has 5 nitrogen and oxygen atoms in total. The number of carboxylic acids is 1. The molecule has 19 heavy (non-hydrogen) atoms. The highest BCUT2D eigenvalue weighted by atomic mass is 32.2. The second-order valence-electron chi connectivity index (χ2n) is 4.69. The van der Waals surface area contributed by atoms with E-state index >= 15 is 0 Å². The van der Waals surface area contributed by atoms with Gasteiger partial charge in [0.2, 0.25) is 10.0 Å². The van der Waals surface area contributed by atoms with Crippen LogP contribution in [0, 0.1) is 0 Å². The Morgan fingerprint density at radius 2 is 1.89 bits per heavy atom. The Kier molecular flexibility index (Phi) is 3.91. The van der Waals surface area contributed by atoms with Gasteiger partial charge >= 0.3 is 5.97 Å². The van der Waals surface area contributed by atoms with E-state index < -0.39 is 16.0 Å². The molecule has 0 saturated heterocycles. The van der Waals surface area contributed by atoms with Crippen LogP contribution in [0.3, 0.4) is 0 Å². The summed E-state index contributed by atoms with van der Waals surface area (Å²) in [5.74, 6) is -1.08. The number of hydrogen-bond donors (Lipinski definition) is 1. The van der Waals surface area contributed by atoms with Crippen LogP contribution in [0.25, 0.3) is 0 Å². The highest BCUT2D eigenvalue weighted by Crippen LogP contribution is 2.30. The van der Waals surface area contributed by atoms with Crippen LogP contribution in [-0.4, -0.2) is 36.4 Å². The zero-order valence-electron chi connectivity index (χ0n) is 10.7. The first-order valence-electron chi connectivity index (χ1n) is 6.26. The standard InChI is InChI=1S/C13H17NO4S/c1-2-14(12-7-8-12)19(17,18)9-10-3-5-11(6-4-10)13(15)16/h3-6,12H,2,7-9H2,1H3,(H,15,16). The first-order chi connectivity index (χ1) is 8.94. The first-order valence-corrected chi connectivity index (χ1v) is 7.86. The number of rotatable bonds is 6. The molecule has 1 N–H and O–H groups in total. The summed E-state index contributed by atoms with van der Waals surface area (Å²) in [6, 6.07) is 6.14. The average Bonchev–Trinajstić information content (AvgIpc) is 3.14. The quantitative estimate of drug-likeness (QED) is 0.862. The molecule has 6 heteroatoms. The van der Waals surface area contributed by atoms with E-state index in [-0.39, 0.29) is 17.4 Å². The van der Waals surface area contributed by atoms with Crippen LogP contribution < -0.4 is 0 Å². The van der Waals surface area contributed by atoms with Gasteiger partial charge < -0.3 is 5.11 Å². The van der Waals surface area contributed by atoms with Crippen LogP contribution in [0.2, 0.25) is 0 Å². The number of sulfonamides is 1. The molecule has 1 aliphatic carbocycles. The zero-order chi connectivity index (χ0) is 14.0. The number of carbonyl (C=O) groups is 1. The lowest BCUT2D eigenvalue weighted by molar-refractivity contribution is 0.0697. The predicted molar refractivity (Wildman–Crippen MR) is 71.4 cm³/mol. The van der Waals surface area contributed by atoms with E-state index in [4.69, 9.17) is 5.11 Å². The van der Waals surface area contributed by atoms with Crippen molar-refractivity contribution in [2.45, 2.75) is 31.6 Å². The van der Waals surface area contributed by atoms with E-state index in [9.17, 15) is 13.2 Å². The molecule has 1 aromatic carbocycles. The Balaban J connectivity index is 2.13. The smallest absolute Gasteiger partial charge is 0.335 e. The molecule has 0 atom stereocenters. The topological polar surface area (TPSA) is 74.7 Å². The van der Waals surface area contributed by atoms with E-state index in [2.05, 4.69) is 0 Å². The molecule has 1 fully saturated rings. The summed E-state index contributed by atoms with van der Waals surface area (Å²) in [6.07, 6.45) is 1.87. The molecule has 0 aliphatic heterocycles. The van der Waals surface area contributed by atoms with Gasteiger partial charge in [0.1, 0.15) is 0 Å². The Hall–Kier alpha value is -1.40. The van der Waals surface area contributed by atoms with Gasteiger partial charge in [0.05, 0.1) is 11.3 Å². The molecule has 0 aromatic heterocycles. The number of benzene rings is 1. The predicted octanol–water partition coefficient (Wildman–Crippen LogP) is 1.70. The molecule has 1 aliphatic rings. The normalized spacial score (nSPS) is 15.7. The Morgan fingerprint density at radius 3 is 2.32 bits per heavy atom. The summed E-state index contributed by atoms with van der Waals surface area (Å²) in [5.41, 5.74) is 0.778. The molecule has 2 rings (SSSR count). The van der Waals surface area contributed by atoms with Gasteiger partial charge in [-0.3, -0.25) is 0 Å². The summed E-state index contributed by atoms with van der Waals surface area (Å²) in [5, 5.41) is 8.79. The van der Waals surface area contributed by atoms with Crippen LogP contribution in [0.1, 0.15) is 35.7 Å². The van der Waals surface area contributed by atoms with E-state index in [1.165, 1.54) is 16.4 Å². The van der Waals surface area contributed by atoms with Gasteiger partial charge in [-0.25, -0.2) is 13.2 Å². The summed E-state index contributed by atoms with van der Waals surface area (Å²) < 4.78 is 26.0. The van der Waals surface area contributed by atoms with Crippen molar-refractivity contribution >= 4 is 16.0 Å². The van der Waals surface area contributed by atoms with Crippen LogP contribution in [-0.2, 0) is 15.8 Å². The molecular weight excluding hydrogens is 266 g/mol. The second kappa shape index (κ2) is 5.30. The van der Waals surface area contributed by atoms with Crippen LogP contribution in [0.5, 0.6) is 0 Å². The fourth-order valence-electron chi connectivity index (χ4n) is 2.08. The maximum atomic E-state index is 12.2. The van der Waals surface area contributed by atoms with Crippen molar-refractivity contribution in [1.29, 1.82) is 0 Å². The van der Waals surface area contributed by atoms with Crippen LogP contribution in [0.15, 0.2) is 24.3 Å². The van der Waals surface area contributed by atoms with Gasteiger partial charge in [-0.1, -0.05) is 19.1 Å². The fourth-order valence-corrected chi connectivity index (χ4v) is 3.92. The summed E-state index contributed by atoms with van der Waals surface area (Å²) in [7, 11) is -3.31. The van der Waals surface area contributed by atoms with Crippen molar-refractivity contribution in [2.75, 3.05) is 6.54 Å². The van der Waals surface area contributed by atoms with Crippen LogP contribution in [0.4, 0.5) is 0 Å². The Labute approximate surface area is 112 Å². The molecule has 0 bridgehead atoms. The number of nitrogens with zero attached hydrogens (tertiary/aromatic N) is 1. The lowest BCUT2D eigenvalue weighted by Crippen LogP contribution is -2.33. The minimum Gasteiger partial charge on any atom is -0.478 e. The van der Waals surface area contributed by atoms with Crippen molar-refractivity contribution in [3.05, 3.63) is 35.4 Å². The Bertz CT molecular complexity index is 561. The van der Waals surface area contributed by atoms with Crippen molar-refractivity contribution < 1.29 is 18.3 Å². The minimum atomic E-state index is -3.31. The monoisotopic (exact) mass is 283 g/mol. The summed E-state index contributed by atoms with van der Waals surface area (Å²) >= 11 is 0. The van der Waals surface area contributed by atoms with Gasteiger partial charge in [-0.15, -0.1) is 0 Å². The highest BCUT2D eigenvalue weighted by Gasteiger charge is 2.35. The third-order valence-corrected chi connectivity index (χ3v) is 5.14. The van der Waals surface area contributed by atoms with Crippen molar-refractivity contribution in [3.63, 3.8) is 0 Å². The van der Waals surface area contributed by atoms with E-state index in [1.807, 2.05) is 6.92 Å². The maximum Gasteiger partial charge on any atom is 0.335 e. The van der Waals surface area contributed by atoms with Crippen molar-refractivity contribution in [3.8, 4) is 0 Å². The summed E-state index contributed by atoms with van der Waals surface area (Å²) in [4.78, 5) is 10.7. The number of aromatic carboxylic acids is 1. The van der Waals surface area contributed by atoms with Gasteiger partial charge in [0.15, 0.2) is 0 Å². The van der Waals surface area contributed by atoms with Crippen molar-refractivity contribution in [2.24, 2.45) is 0 Å². The van der Waals surface area contributed by atoms with Gasteiger partial charge in [-0.2, -0.15) is 4.31 Å². The van der Waals surface area contributed by atoms with Crippen LogP contribution >= 0.6 is 0 Å². The third kappa shape index (κ3) is 3.33. The van der Waals surface area contributed by atoms with Gasteiger partial charge in [0, 0.05) is 12.6 Å². The van der Waals surface area contributed by atoms with Gasteiger partial charge in [0.25, 0.3) is 0 Å². The largest absolute Gasteiger partial charge is 0.478 e. The van der Waals surface area contributed by atoms with E-state index in [0.717, 1.165) is 12.8 Å². The molecule has 0 amide bonds. The lowest BCUT2D eigenvalue weighted by Gasteiger charge is -2.19. The SMILES string of the molecule is CCN(C1CC1)S(=O)(=O)Cc1ccc(C(=O)O)cc1.